The third kappa shape index (κ3) is 2.73. The first-order valence-corrected chi connectivity index (χ1v) is 10.1. The van der Waals surface area contributed by atoms with Crippen molar-refractivity contribution >= 4 is 20.9 Å². The van der Waals surface area contributed by atoms with Gasteiger partial charge in [-0.25, -0.2) is 12.8 Å². The lowest BCUT2D eigenvalue weighted by Crippen LogP contribution is -2.40. The number of H-pyrrole nitrogens is 1. The first-order chi connectivity index (χ1) is 12.4. The van der Waals surface area contributed by atoms with Gasteiger partial charge in [-0.3, -0.25) is 0 Å². The van der Waals surface area contributed by atoms with Crippen molar-refractivity contribution in [3.63, 3.8) is 0 Å². The molecule has 1 atom stereocenters. The topological polar surface area (TPSA) is 53.2 Å². The van der Waals surface area contributed by atoms with Gasteiger partial charge in [0.2, 0.25) is 10.0 Å². The van der Waals surface area contributed by atoms with Crippen molar-refractivity contribution < 1.29 is 12.8 Å². The molecular weight excluding hydrogens is 351 g/mol. The highest BCUT2D eigenvalue weighted by Crippen LogP contribution is 2.32. The first kappa shape index (κ1) is 17.2. The van der Waals surface area contributed by atoms with Gasteiger partial charge in [-0.2, -0.15) is 4.31 Å². The Balaban J connectivity index is 1.66. The molecule has 136 valence electrons. The van der Waals surface area contributed by atoms with Crippen molar-refractivity contribution in [1.82, 2.24) is 9.29 Å². The number of nitrogens with zero attached hydrogens (tertiary/aromatic N) is 1. The summed E-state index contributed by atoms with van der Waals surface area (Å²) in [6, 6.07) is 12.0. The van der Waals surface area contributed by atoms with Crippen molar-refractivity contribution in [1.29, 1.82) is 0 Å². The number of likely N-dealkylation sites (N-methyl/N-ethyl adjacent to an activating group) is 1. The Labute approximate surface area is 152 Å². The predicted octanol–water partition coefficient (Wildman–Crippen LogP) is 3.79. The third-order valence-electron chi connectivity index (χ3n) is 5.39. The Kier molecular flexibility index (Phi) is 4.12. The Hall–Kier alpha value is -2.18. The largest absolute Gasteiger partial charge is 0.358 e. The molecule has 1 N–H and O–H groups in total. The highest BCUT2D eigenvalue weighted by Gasteiger charge is 2.32. The number of aromatic amines is 1. The minimum Gasteiger partial charge on any atom is -0.358 e. The minimum absolute atomic E-state index is 0.114. The molecule has 0 radical (unpaired) electrons. The van der Waals surface area contributed by atoms with Gasteiger partial charge >= 0.3 is 0 Å². The quantitative estimate of drug-likeness (QED) is 0.760. The molecule has 0 amide bonds. The molecule has 0 aliphatic heterocycles. The number of aryl methyl sites for hydroxylation is 2. The summed E-state index contributed by atoms with van der Waals surface area (Å²) in [4.78, 5) is 3.59. The zero-order valence-corrected chi connectivity index (χ0v) is 15.6. The van der Waals surface area contributed by atoms with Crippen LogP contribution in [0, 0.1) is 12.7 Å². The molecule has 6 heteroatoms. The van der Waals surface area contributed by atoms with Crippen LogP contribution in [-0.4, -0.2) is 30.8 Å². The average Bonchev–Trinajstić information content (AvgIpc) is 3.01. The molecule has 1 unspecified atom stereocenters. The van der Waals surface area contributed by atoms with Crippen molar-refractivity contribution in [3.05, 3.63) is 65.1 Å². The van der Waals surface area contributed by atoms with Crippen LogP contribution in [0.5, 0.6) is 0 Å². The van der Waals surface area contributed by atoms with Crippen molar-refractivity contribution in [2.75, 3.05) is 7.05 Å². The van der Waals surface area contributed by atoms with Gasteiger partial charge in [-0.05, 0) is 61.6 Å². The summed E-state index contributed by atoms with van der Waals surface area (Å²) in [6.07, 6.45) is 2.25. The first-order valence-electron chi connectivity index (χ1n) is 8.70. The van der Waals surface area contributed by atoms with Crippen molar-refractivity contribution in [2.24, 2.45) is 0 Å². The highest BCUT2D eigenvalue weighted by atomic mass is 32.2. The Morgan fingerprint density at radius 3 is 2.73 bits per heavy atom. The summed E-state index contributed by atoms with van der Waals surface area (Å²) >= 11 is 0. The molecule has 0 fully saturated rings. The molecule has 4 nitrogen and oxygen atoms in total. The van der Waals surface area contributed by atoms with E-state index in [1.807, 2.05) is 18.2 Å². The van der Waals surface area contributed by atoms with Gasteiger partial charge in [0, 0.05) is 29.7 Å². The van der Waals surface area contributed by atoms with Crippen LogP contribution < -0.4 is 0 Å². The van der Waals surface area contributed by atoms with E-state index in [4.69, 9.17) is 0 Å². The number of hydrogen-bond donors (Lipinski definition) is 1. The Bertz CT molecular complexity index is 1090. The van der Waals surface area contributed by atoms with Crippen LogP contribution >= 0.6 is 0 Å². The molecule has 1 aromatic heterocycles. The van der Waals surface area contributed by atoms with Crippen LogP contribution in [0.2, 0.25) is 0 Å². The molecule has 1 heterocycles. The molecule has 4 rings (SSSR count). The second-order valence-electron chi connectivity index (χ2n) is 6.96. The van der Waals surface area contributed by atoms with Crippen LogP contribution in [0.1, 0.15) is 23.2 Å². The van der Waals surface area contributed by atoms with E-state index in [0.29, 0.717) is 12.0 Å². The zero-order valence-electron chi connectivity index (χ0n) is 14.8. The summed E-state index contributed by atoms with van der Waals surface area (Å²) < 4.78 is 41.0. The molecule has 0 saturated carbocycles. The van der Waals surface area contributed by atoms with Gasteiger partial charge in [-0.1, -0.05) is 18.2 Å². The number of sulfonamides is 1. The number of rotatable bonds is 3. The maximum Gasteiger partial charge on any atom is 0.243 e. The van der Waals surface area contributed by atoms with Crippen LogP contribution in [-0.2, 0) is 22.9 Å². The second-order valence-corrected chi connectivity index (χ2v) is 8.95. The fourth-order valence-electron chi connectivity index (χ4n) is 3.80. The summed E-state index contributed by atoms with van der Waals surface area (Å²) in [7, 11) is -2.04. The Morgan fingerprint density at radius 1 is 1.19 bits per heavy atom. The van der Waals surface area contributed by atoms with E-state index < -0.39 is 15.8 Å². The van der Waals surface area contributed by atoms with E-state index in [1.54, 1.807) is 14.0 Å². The van der Waals surface area contributed by atoms with Crippen LogP contribution in [0.15, 0.2) is 47.4 Å². The van der Waals surface area contributed by atoms with E-state index in [2.05, 4.69) is 11.1 Å². The fraction of sp³-hybridized carbons (Fsp3) is 0.300. The molecular formula is C20H21FN2O2S. The van der Waals surface area contributed by atoms with Gasteiger partial charge in [0.1, 0.15) is 5.82 Å². The molecule has 0 saturated heterocycles. The normalized spacial score (nSPS) is 17.6. The number of aromatic nitrogens is 1. The Morgan fingerprint density at radius 2 is 1.96 bits per heavy atom. The minimum atomic E-state index is -3.66. The van der Waals surface area contributed by atoms with Crippen molar-refractivity contribution in [3.8, 4) is 0 Å². The van der Waals surface area contributed by atoms with E-state index in [9.17, 15) is 12.8 Å². The monoisotopic (exact) mass is 372 g/mol. The summed E-state index contributed by atoms with van der Waals surface area (Å²) in [5, 5.41) is 1.16. The summed E-state index contributed by atoms with van der Waals surface area (Å²) in [5.74, 6) is -0.396. The molecule has 1 aliphatic carbocycles. The van der Waals surface area contributed by atoms with Crippen LogP contribution in [0.3, 0.4) is 0 Å². The lowest BCUT2D eigenvalue weighted by molar-refractivity contribution is 0.336. The van der Waals surface area contributed by atoms with Gasteiger partial charge in [0.15, 0.2) is 0 Å². The van der Waals surface area contributed by atoms with Crippen LogP contribution in [0.4, 0.5) is 4.39 Å². The SMILES string of the molecule is Cc1cc(S(=O)(=O)N(C)C2CCc3[nH]c4ccccc4c3C2)ccc1F. The zero-order chi connectivity index (χ0) is 18.5. The number of nitrogens with one attached hydrogen (secondary N) is 1. The standard InChI is InChI=1S/C20H21FN2O2S/c1-13-11-15(8-9-18(13)21)26(24,25)23(2)14-7-10-20-17(12-14)16-5-3-4-6-19(16)22-20/h3-6,8-9,11,14,22H,7,10,12H2,1-2H3. The van der Waals surface area contributed by atoms with Crippen molar-refractivity contribution in [2.45, 2.75) is 37.1 Å². The molecule has 1 aliphatic rings. The van der Waals surface area contributed by atoms with Gasteiger partial charge in [0.05, 0.1) is 4.90 Å². The van der Waals surface area contributed by atoms with E-state index in [-0.39, 0.29) is 10.9 Å². The average molecular weight is 372 g/mol. The smallest absolute Gasteiger partial charge is 0.243 e. The lowest BCUT2D eigenvalue weighted by atomic mass is 9.91. The van der Waals surface area contributed by atoms with E-state index in [0.717, 1.165) is 23.7 Å². The third-order valence-corrected chi connectivity index (χ3v) is 7.30. The molecule has 2 aromatic carbocycles. The number of para-hydroxylation sites is 1. The molecule has 26 heavy (non-hydrogen) atoms. The molecule has 3 aromatic rings. The summed E-state index contributed by atoms with van der Waals surface area (Å²) in [6.45, 7) is 1.58. The number of benzene rings is 2. The van der Waals surface area contributed by atoms with Crippen LogP contribution in [0.25, 0.3) is 10.9 Å². The molecule has 0 spiro atoms. The number of fused-ring (bicyclic) bond motifs is 3. The second kappa shape index (κ2) is 6.21. The maximum atomic E-state index is 13.5. The maximum absolute atomic E-state index is 13.5. The number of halogens is 1. The van der Waals surface area contributed by atoms with Gasteiger partial charge < -0.3 is 4.98 Å². The fourth-order valence-corrected chi connectivity index (χ4v) is 5.27. The number of hydrogen-bond acceptors (Lipinski definition) is 2. The van der Waals surface area contributed by atoms with Gasteiger partial charge in [-0.15, -0.1) is 0 Å². The van der Waals surface area contributed by atoms with Gasteiger partial charge in [0.25, 0.3) is 0 Å². The summed E-state index contributed by atoms with van der Waals surface area (Å²) in [5.41, 5.74) is 3.83. The highest BCUT2D eigenvalue weighted by molar-refractivity contribution is 7.89. The van der Waals surface area contributed by atoms with E-state index >= 15 is 0 Å². The lowest BCUT2D eigenvalue weighted by Gasteiger charge is -2.30. The van der Waals surface area contributed by atoms with E-state index in [1.165, 1.54) is 33.8 Å². The molecule has 0 bridgehead atoms. The predicted molar refractivity (Wildman–Crippen MR) is 100 cm³/mol.